The van der Waals surface area contributed by atoms with Crippen molar-refractivity contribution in [2.75, 3.05) is 6.61 Å². The molecule has 1 aromatic carbocycles. The molecule has 2 aliphatic rings. The van der Waals surface area contributed by atoms with E-state index in [4.69, 9.17) is 17.0 Å². The minimum Gasteiger partial charge on any atom is -0.376 e. The van der Waals surface area contributed by atoms with E-state index >= 15 is 0 Å². The van der Waals surface area contributed by atoms with E-state index in [2.05, 4.69) is 10.3 Å². The molecule has 1 aliphatic carbocycles. The van der Waals surface area contributed by atoms with Crippen molar-refractivity contribution in [2.45, 2.75) is 63.6 Å². The Balaban J connectivity index is 1.59. The average Bonchev–Trinajstić information content (AvgIpc) is 3.19. The molecule has 0 spiro atoms. The van der Waals surface area contributed by atoms with E-state index in [-0.39, 0.29) is 23.6 Å². The van der Waals surface area contributed by atoms with Gasteiger partial charge in [0.25, 0.3) is 11.5 Å². The summed E-state index contributed by atoms with van der Waals surface area (Å²) in [5, 5.41) is 3.65. The Hall–Kier alpha value is -1.99. The molecule has 1 saturated heterocycles. The van der Waals surface area contributed by atoms with Crippen LogP contribution in [0.5, 0.6) is 0 Å². The third kappa shape index (κ3) is 3.99. The zero-order valence-corrected chi connectivity index (χ0v) is 16.1. The van der Waals surface area contributed by atoms with Crippen LogP contribution in [0.15, 0.2) is 23.0 Å². The number of hydrogen-bond acceptors (Lipinski definition) is 4. The van der Waals surface area contributed by atoms with E-state index in [1.165, 1.54) is 19.3 Å². The first-order valence-electron chi connectivity index (χ1n) is 9.81. The molecule has 1 unspecified atom stereocenters. The number of hydrogen-bond donors (Lipinski definition) is 2. The quantitative estimate of drug-likeness (QED) is 0.790. The molecule has 2 aromatic rings. The molecular weight excluding hydrogens is 362 g/mol. The second kappa shape index (κ2) is 7.94. The van der Waals surface area contributed by atoms with E-state index < -0.39 is 0 Å². The highest BCUT2D eigenvalue weighted by molar-refractivity contribution is 7.71. The molecule has 4 rings (SSSR count). The summed E-state index contributed by atoms with van der Waals surface area (Å²) in [5.41, 5.74) is 1.02. The van der Waals surface area contributed by atoms with Crippen molar-refractivity contribution in [2.24, 2.45) is 0 Å². The molecule has 1 amide bonds. The van der Waals surface area contributed by atoms with Gasteiger partial charge in [-0.15, -0.1) is 0 Å². The fraction of sp³-hybridized carbons (Fsp3) is 0.550. The Bertz CT molecular complexity index is 953. The number of carbonyl (C=O) groups is 1. The van der Waals surface area contributed by atoms with Crippen molar-refractivity contribution in [1.82, 2.24) is 14.9 Å². The number of aromatic amines is 1. The molecule has 1 aromatic heterocycles. The van der Waals surface area contributed by atoms with Crippen LogP contribution in [0.4, 0.5) is 0 Å². The van der Waals surface area contributed by atoms with Gasteiger partial charge in [0.1, 0.15) is 0 Å². The zero-order valence-electron chi connectivity index (χ0n) is 15.3. The number of nitrogens with one attached hydrogen (secondary N) is 2. The number of rotatable bonds is 4. The van der Waals surface area contributed by atoms with Crippen LogP contribution in [0.2, 0.25) is 0 Å². The van der Waals surface area contributed by atoms with E-state index in [0.29, 0.717) is 27.8 Å². The molecule has 7 heteroatoms. The van der Waals surface area contributed by atoms with E-state index in [0.717, 1.165) is 32.3 Å². The zero-order chi connectivity index (χ0) is 18.8. The Labute approximate surface area is 162 Å². The summed E-state index contributed by atoms with van der Waals surface area (Å²) in [5.74, 6) is -0.0911. The van der Waals surface area contributed by atoms with Crippen molar-refractivity contribution >= 4 is 29.0 Å². The summed E-state index contributed by atoms with van der Waals surface area (Å²) < 4.78 is 7.56. The van der Waals surface area contributed by atoms with Gasteiger partial charge in [0, 0.05) is 18.2 Å². The number of ether oxygens (including phenoxy) is 1. The molecule has 1 saturated carbocycles. The maximum Gasteiger partial charge on any atom is 0.262 e. The van der Waals surface area contributed by atoms with Crippen LogP contribution in [0.25, 0.3) is 10.9 Å². The summed E-state index contributed by atoms with van der Waals surface area (Å²) >= 11 is 5.39. The highest BCUT2D eigenvalue weighted by atomic mass is 32.1. The number of H-pyrrole nitrogens is 1. The molecule has 2 N–H and O–H groups in total. The van der Waals surface area contributed by atoms with Gasteiger partial charge in [-0.25, -0.2) is 0 Å². The number of fused-ring (bicyclic) bond motifs is 1. The lowest BCUT2D eigenvalue weighted by molar-refractivity contribution is 0.0927. The standard InChI is InChI=1S/C20H25N3O3S/c24-18(21-14-5-2-1-3-6-14)13-8-9-16-17(11-13)22-20(27)23(19(16)25)12-15-7-4-10-26-15/h8-9,11,14-15H,1-7,10,12H2,(H,21,24)(H,22,27). The molecule has 1 atom stereocenters. The number of aromatic nitrogens is 2. The van der Waals surface area contributed by atoms with Crippen LogP contribution in [0.3, 0.4) is 0 Å². The topological polar surface area (TPSA) is 76.1 Å². The lowest BCUT2D eigenvalue weighted by Crippen LogP contribution is -2.36. The van der Waals surface area contributed by atoms with Crippen molar-refractivity contribution < 1.29 is 9.53 Å². The lowest BCUT2D eigenvalue weighted by atomic mass is 9.95. The second-order valence-corrected chi connectivity index (χ2v) is 7.94. The monoisotopic (exact) mass is 387 g/mol. The summed E-state index contributed by atoms with van der Waals surface area (Å²) in [6, 6.07) is 5.40. The molecule has 144 valence electrons. The first kappa shape index (κ1) is 18.4. The maximum atomic E-state index is 12.9. The third-order valence-electron chi connectivity index (χ3n) is 5.59. The SMILES string of the molecule is O=C(NC1CCCCC1)c1ccc2c(=O)n(CC3CCCO3)c(=S)[nH]c2c1. The molecule has 1 aliphatic heterocycles. The predicted molar refractivity (Wildman–Crippen MR) is 107 cm³/mol. The Morgan fingerprint density at radius 3 is 2.78 bits per heavy atom. The number of benzene rings is 1. The number of nitrogens with zero attached hydrogens (tertiary/aromatic N) is 1. The summed E-state index contributed by atoms with van der Waals surface area (Å²) in [6.07, 6.45) is 7.65. The predicted octanol–water partition coefficient (Wildman–Crippen LogP) is 3.30. The maximum absolute atomic E-state index is 12.9. The minimum atomic E-state index is -0.136. The fourth-order valence-corrected chi connectivity index (χ4v) is 4.34. The van der Waals surface area contributed by atoms with Gasteiger partial charge in [-0.1, -0.05) is 19.3 Å². The van der Waals surface area contributed by atoms with Gasteiger partial charge in [-0.3, -0.25) is 14.2 Å². The smallest absolute Gasteiger partial charge is 0.262 e. The van der Waals surface area contributed by atoms with E-state index in [9.17, 15) is 9.59 Å². The van der Waals surface area contributed by atoms with Crippen molar-refractivity contribution in [3.63, 3.8) is 0 Å². The van der Waals surface area contributed by atoms with Crippen LogP contribution in [-0.4, -0.2) is 34.2 Å². The molecule has 27 heavy (non-hydrogen) atoms. The summed E-state index contributed by atoms with van der Waals surface area (Å²) in [6.45, 7) is 1.21. The lowest BCUT2D eigenvalue weighted by Gasteiger charge is -2.22. The van der Waals surface area contributed by atoms with Gasteiger partial charge >= 0.3 is 0 Å². The second-order valence-electron chi connectivity index (χ2n) is 7.55. The Morgan fingerprint density at radius 1 is 1.22 bits per heavy atom. The van der Waals surface area contributed by atoms with Gasteiger partial charge in [0.15, 0.2) is 4.77 Å². The van der Waals surface area contributed by atoms with Gasteiger partial charge in [0.05, 0.1) is 23.6 Å². The highest BCUT2D eigenvalue weighted by Gasteiger charge is 2.19. The summed E-state index contributed by atoms with van der Waals surface area (Å²) in [4.78, 5) is 28.5. The number of amides is 1. The van der Waals surface area contributed by atoms with Crippen molar-refractivity contribution in [3.8, 4) is 0 Å². The van der Waals surface area contributed by atoms with Gasteiger partial charge in [0.2, 0.25) is 0 Å². The van der Waals surface area contributed by atoms with Crippen molar-refractivity contribution in [3.05, 3.63) is 38.9 Å². The molecule has 0 radical (unpaired) electrons. The van der Waals surface area contributed by atoms with Gasteiger partial charge < -0.3 is 15.0 Å². The van der Waals surface area contributed by atoms with Crippen LogP contribution in [0, 0.1) is 4.77 Å². The third-order valence-corrected chi connectivity index (χ3v) is 5.92. The minimum absolute atomic E-state index is 0.0378. The van der Waals surface area contributed by atoms with E-state index in [1.54, 1.807) is 22.8 Å². The summed E-state index contributed by atoms with van der Waals surface area (Å²) in [7, 11) is 0. The highest BCUT2D eigenvalue weighted by Crippen LogP contribution is 2.19. The van der Waals surface area contributed by atoms with Gasteiger partial charge in [-0.05, 0) is 56.1 Å². The largest absolute Gasteiger partial charge is 0.376 e. The molecule has 0 bridgehead atoms. The van der Waals surface area contributed by atoms with Crippen LogP contribution in [0.1, 0.15) is 55.3 Å². The Kier molecular flexibility index (Phi) is 5.41. The normalized spacial score (nSPS) is 20.8. The Morgan fingerprint density at radius 2 is 2.04 bits per heavy atom. The average molecular weight is 388 g/mol. The first-order chi connectivity index (χ1) is 13.1. The van der Waals surface area contributed by atoms with E-state index in [1.807, 2.05) is 0 Å². The van der Waals surface area contributed by atoms with Crippen molar-refractivity contribution in [1.29, 1.82) is 0 Å². The van der Waals surface area contributed by atoms with Crippen LogP contribution >= 0.6 is 12.2 Å². The fourth-order valence-electron chi connectivity index (χ4n) is 4.07. The first-order valence-corrected chi connectivity index (χ1v) is 10.2. The molecule has 2 fully saturated rings. The van der Waals surface area contributed by atoms with Crippen LogP contribution < -0.4 is 10.9 Å². The number of carbonyl (C=O) groups excluding carboxylic acids is 1. The van der Waals surface area contributed by atoms with Gasteiger partial charge in [-0.2, -0.15) is 0 Å². The molecular formula is C20H25N3O3S. The molecule has 2 heterocycles. The molecule has 6 nitrogen and oxygen atoms in total. The van der Waals surface area contributed by atoms with Crippen LogP contribution in [-0.2, 0) is 11.3 Å².